The zero-order valence-corrected chi connectivity index (χ0v) is 19.5. The summed E-state index contributed by atoms with van der Waals surface area (Å²) in [7, 11) is 0. The van der Waals surface area contributed by atoms with E-state index >= 15 is 0 Å². The molecule has 1 saturated heterocycles. The predicted molar refractivity (Wildman–Crippen MR) is 131 cm³/mol. The quantitative estimate of drug-likeness (QED) is 0.562. The van der Waals surface area contributed by atoms with Gasteiger partial charge in [0.25, 0.3) is 5.91 Å². The number of anilines is 2. The van der Waals surface area contributed by atoms with E-state index in [2.05, 4.69) is 10.3 Å². The molecule has 0 bridgehead atoms. The first-order valence-electron chi connectivity index (χ1n) is 11.6. The lowest BCUT2D eigenvalue weighted by Crippen LogP contribution is -2.36. The summed E-state index contributed by atoms with van der Waals surface area (Å²) >= 11 is 0. The molecule has 0 spiro atoms. The van der Waals surface area contributed by atoms with Gasteiger partial charge in [0.15, 0.2) is 0 Å². The van der Waals surface area contributed by atoms with Crippen molar-refractivity contribution >= 4 is 17.3 Å². The maximum atomic E-state index is 14.4. The summed E-state index contributed by atoms with van der Waals surface area (Å²) in [6.45, 7) is 5.09. The Labute approximate surface area is 203 Å². The number of carbonyl (C=O) groups excluding carboxylic acids is 1. The number of hydrogen-bond donors (Lipinski definition) is 1. The van der Waals surface area contributed by atoms with Crippen molar-refractivity contribution in [3.63, 3.8) is 0 Å². The molecule has 3 heterocycles. The maximum Gasteiger partial charge on any atom is 0.255 e. The number of halogens is 1. The van der Waals surface area contributed by atoms with E-state index in [4.69, 9.17) is 9.57 Å². The first-order chi connectivity index (χ1) is 17.1. The largest absolute Gasteiger partial charge is 0.413 e. The molecule has 8 heteroatoms. The molecule has 180 valence electrons. The molecule has 2 aliphatic heterocycles. The van der Waals surface area contributed by atoms with Crippen LogP contribution in [0.15, 0.2) is 73.3 Å². The molecule has 7 nitrogen and oxygen atoms in total. The Morgan fingerprint density at radius 1 is 1.17 bits per heavy atom. The Morgan fingerprint density at radius 2 is 2.03 bits per heavy atom. The average molecular weight is 475 g/mol. The Bertz CT molecular complexity index is 1230. The second-order valence-electron chi connectivity index (χ2n) is 8.64. The number of amides is 1. The van der Waals surface area contributed by atoms with Crippen LogP contribution >= 0.6 is 0 Å². The van der Waals surface area contributed by atoms with Crippen molar-refractivity contribution in [2.45, 2.75) is 19.5 Å². The fourth-order valence-corrected chi connectivity index (χ4v) is 4.36. The Balaban J connectivity index is 1.34. The van der Waals surface area contributed by atoms with Crippen LogP contribution < -0.4 is 10.2 Å². The molecule has 1 amide bonds. The highest BCUT2D eigenvalue weighted by molar-refractivity contribution is 6.05. The highest BCUT2D eigenvalue weighted by atomic mass is 19.1. The molecule has 0 aliphatic carbocycles. The normalized spacial score (nSPS) is 17.9. The van der Waals surface area contributed by atoms with Gasteiger partial charge >= 0.3 is 0 Å². The average Bonchev–Trinajstić information content (AvgIpc) is 3.33. The third-order valence-electron chi connectivity index (χ3n) is 6.21. The van der Waals surface area contributed by atoms with E-state index < -0.39 is 5.82 Å². The van der Waals surface area contributed by atoms with Gasteiger partial charge in [-0.25, -0.2) is 4.39 Å². The minimum absolute atomic E-state index is 0.117. The van der Waals surface area contributed by atoms with Gasteiger partial charge in [0, 0.05) is 42.4 Å². The van der Waals surface area contributed by atoms with Crippen LogP contribution in [-0.2, 0) is 16.1 Å². The standard InChI is InChI=1S/C27H27FN4O3/c1-19-4-5-23(16-25(19)26-6-10-35-32(26)18-20-3-2-7-29-17-20)30-27(33)21-13-22(28)15-24(14-21)31-8-11-34-12-9-31/h2-7,10,13-17,26H,8-9,11-12,18H2,1H3,(H,30,33). The minimum atomic E-state index is -0.442. The van der Waals surface area contributed by atoms with E-state index in [1.54, 1.807) is 18.5 Å². The number of rotatable bonds is 6. The third-order valence-corrected chi connectivity index (χ3v) is 6.21. The number of carbonyl (C=O) groups is 1. The minimum Gasteiger partial charge on any atom is -0.413 e. The number of aryl methyl sites for hydroxylation is 1. The zero-order valence-electron chi connectivity index (χ0n) is 19.5. The highest BCUT2D eigenvalue weighted by Crippen LogP contribution is 2.33. The second-order valence-corrected chi connectivity index (χ2v) is 8.64. The van der Waals surface area contributed by atoms with Crippen LogP contribution in [0.5, 0.6) is 0 Å². The molecule has 3 aromatic rings. The van der Waals surface area contributed by atoms with Crippen molar-refractivity contribution in [1.82, 2.24) is 10.0 Å². The number of ether oxygens (including phenoxy) is 1. The molecule has 35 heavy (non-hydrogen) atoms. The van der Waals surface area contributed by atoms with Crippen molar-refractivity contribution in [1.29, 1.82) is 0 Å². The van der Waals surface area contributed by atoms with E-state index in [1.807, 2.05) is 59.5 Å². The highest BCUT2D eigenvalue weighted by Gasteiger charge is 2.26. The Hall–Kier alpha value is -3.75. The van der Waals surface area contributed by atoms with Crippen molar-refractivity contribution < 1.29 is 18.8 Å². The number of nitrogens with zero attached hydrogens (tertiary/aromatic N) is 3. The summed E-state index contributed by atoms with van der Waals surface area (Å²) in [5, 5.41) is 4.80. The van der Waals surface area contributed by atoms with E-state index in [9.17, 15) is 9.18 Å². The van der Waals surface area contributed by atoms with E-state index in [1.165, 1.54) is 12.1 Å². The number of benzene rings is 2. The summed E-state index contributed by atoms with van der Waals surface area (Å²) in [5.74, 6) is -0.803. The van der Waals surface area contributed by atoms with Crippen molar-refractivity contribution in [3.8, 4) is 0 Å². The summed E-state index contributed by atoms with van der Waals surface area (Å²) in [5.41, 5.74) is 4.70. The molecule has 0 saturated carbocycles. The van der Waals surface area contributed by atoms with E-state index in [0.29, 0.717) is 44.2 Å². The number of nitrogens with one attached hydrogen (secondary N) is 1. The SMILES string of the molecule is Cc1ccc(NC(=O)c2cc(F)cc(N3CCOCC3)c2)cc1C1C=CON1Cc1cccnc1. The Morgan fingerprint density at radius 3 is 2.83 bits per heavy atom. The van der Waals surface area contributed by atoms with Gasteiger partial charge in [-0.05, 0) is 66.1 Å². The lowest BCUT2D eigenvalue weighted by molar-refractivity contribution is -0.113. The lowest BCUT2D eigenvalue weighted by atomic mass is 10.00. The van der Waals surface area contributed by atoms with Crippen molar-refractivity contribution in [2.75, 3.05) is 36.5 Å². The van der Waals surface area contributed by atoms with Gasteiger partial charge in [-0.1, -0.05) is 12.1 Å². The smallest absolute Gasteiger partial charge is 0.255 e. The van der Waals surface area contributed by atoms with Crippen LogP contribution in [0.1, 0.15) is 33.1 Å². The molecule has 2 aliphatic rings. The summed E-state index contributed by atoms with van der Waals surface area (Å²) < 4.78 is 19.7. The molecule has 5 rings (SSSR count). The molecule has 1 unspecified atom stereocenters. The predicted octanol–water partition coefficient (Wildman–Crippen LogP) is 4.62. The fourth-order valence-electron chi connectivity index (χ4n) is 4.36. The fraction of sp³-hybridized carbons (Fsp3) is 0.259. The summed E-state index contributed by atoms with van der Waals surface area (Å²) in [4.78, 5) is 25.0. The van der Waals surface area contributed by atoms with Gasteiger partial charge in [-0.15, -0.1) is 5.06 Å². The molecule has 1 aromatic heterocycles. The molecular formula is C27H27FN4O3. The molecule has 2 aromatic carbocycles. The van der Waals surface area contributed by atoms with Gasteiger partial charge in [0.2, 0.25) is 0 Å². The van der Waals surface area contributed by atoms with Crippen molar-refractivity contribution in [3.05, 3.63) is 101 Å². The molecule has 1 N–H and O–H groups in total. The lowest BCUT2D eigenvalue weighted by Gasteiger charge is -2.29. The van der Waals surface area contributed by atoms with Gasteiger partial charge in [-0.2, -0.15) is 0 Å². The van der Waals surface area contributed by atoms with Crippen LogP contribution in [-0.4, -0.2) is 42.3 Å². The van der Waals surface area contributed by atoms with Crippen LogP contribution in [0.4, 0.5) is 15.8 Å². The van der Waals surface area contributed by atoms with Crippen LogP contribution in [0.2, 0.25) is 0 Å². The van der Waals surface area contributed by atoms with Gasteiger partial charge in [0.05, 0.1) is 25.8 Å². The third kappa shape index (κ3) is 5.34. The Kier molecular flexibility index (Phi) is 6.74. The van der Waals surface area contributed by atoms with Crippen LogP contribution in [0.25, 0.3) is 0 Å². The molecule has 0 radical (unpaired) electrons. The second kappa shape index (κ2) is 10.2. The number of hydroxylamine groups is 2. The van der Waals surface area contributed by atoms with Gasteiger partial charge in [0.1, 0.15) is 12.1 Å². The van der Waals surface area contributed by atoms with Gasteiger partial charge < -0.3 is 19.8 Å². The number of pyridine rings is 1. The molecule has 1 fully saturated rings. The van der Waals surface area contributed by atoms with Crippen molar-refractivity contribution in [2.24, 2.45) is 0 Å². The maximum absolute atomic E-state index is 14.4. The van der Waals surface area contributed by atoms with Gasteiger partial charge in [-0.3, -0.25) is 9.78 Å². The summed E-state index contributed by atoms with van der Waals surface area (Å²) in [6, 6.07) is 14.0. The first kappa shape index (κ1) is 23.0. The topological polar surface area (TPSA) is 66.9 Å². The number of morpholine rings is 1. The zero-order chi connectivity index (χ0) is 24.2. The first-order valence-corrected chi connectivity index (χ1v) is 11.6. The monoisotopic (exact) mass is 474 g/mol. The van der Waals surface area contributed by atoms with E-state index in [-0.39, 0.29) is 17.5 Å². The van der Waals surface area contributed by atoms with E-state index in [0.717, 1.165) is 16.7 Å². The van der Waals surface area contributed by atoms with Crippen LogP contribution in [0.3, 0.4) is 0 Å². The molecular weight excluding hydrogens is 447 g/mol. The number of aromatic nitrogens is 1. The molecule has 1 atom stereocenters. The van der Waals surface area contributed by atoms with Crippen LogP contribution in [0, 0.1) is 12.7 Å². The summed E-state index contributed by atoms with van der Waals surface area (Å²) in [6.07, 6.45) is 7.20. The number of hydrogen-bond acceptors (Lipinski definition) is 6.